The number of nitrogens with one attached hydrogen (secondary N) is 1. The number of fused-ring (bicyclic) bond motifs is 1. The number of rotatable bonds is 0. The van der Waals surface area contributed by atoms with Crippen LogP contribution in [0.15, 0.2) is 33.7 Å². The van der Waals surface area contributed by atoms with Crippen molar-refractivity contribution in [2.75, 3.05) is 0 Å². The van der Waals surface area contributed by atoms with E-state index in [0.29, 0.717) is 11.3 Å². The van der Waals surface area contributed by atoms with E-state index in [0.717, 1.165) is 30.5 Å². The molecule has 4 nitrogen and oxygen atoms in total. The van der Waals surface area contributed by atoms with Gasteiger partial charge in [0.1, 0.15) is 18.2 Å². The summed E-state index contributed by atoms with van der Waals surface area (Å²) in [6.07, 6.45) is 2.84. The van der Waals surface area contributed by atoms with Crippen molar-refractivity contribution in [3.63, 3.8) is 0 Å². The van der Waals surface area contributed by atoms with Crippen molar-refractivity contribution in [3.8, 4) is 18.2 Å². The van der Waals surface area contributed by atoms with E-state index in [1.165, 1.54) is 5.57 Å². The average Bonchev–Trinajstić information content (AvgIpc) is 2.81. The van der Waals surface area contributed by atoms with Crippen LogP contribution in [0.3, 0.4) is 0 Å². The summed E-state index contributed by atoms with van der Waals surface area (Å²) < 4.78 is 0. The Kier molecular flexibility index (Phi) is 2.69. The Morgan fingerprint density at radius 3 is 2.35 bits per heavy atom. The van der Waals surface area contributed by atoms with Gasteiger partial charge in [0, 0.05) is 5.70 Å². The highest BCUT2D eigenvalue weighted by atomic mass is 14.9. The van der Waals surface area contributed by atoms with Crippen LogP contribution in [0.4, 0.5) is 0 Å². The molecule has 1 N–H and O–H groups in total. The SMILES string of the molecule is CC1=C2CCCC2=C(C#N)C(=C(C#N)C#N)N1. The lowest BCUT2D eigenvalue weighted by Crippen LogP contribution is -2.21. The zero-order chi connectivity index (χ0) is 12.4. The van der Waals surface area contributed by atoms with E-state index in [1.807, 2.05) is 19.1 Å². The molecular formula is C13H10N4. The van der Waals surface area contributed by atoms with Crippen molar-refractivity contribution >= 4 is 0 Å². The Labute approximate surface area is 99.8 Å². The van der Waals surface area contributed by atoms with Gasteiger partial charge in [0.25, 0.3) is 0 Å². The zero-order valence-corrected chi connectivity index (χ0v) is 9.46. The van der Waals surface area contributed by atoms with Crippen LogP contribution in [-0.4, -0.2) is 0 Å². The van der Waals surface area contributed by atoms with Gasteiger partial charge in [-0.05, 0) is 37.3 Å². The number of nitrogens with zero attached hydrogens (tertiary/aromatic N) is 3. The van der Waals surface area contributed by atoms with Gasteiger partial charge in [-0.15, -0.1) is 0 Å². The molecule has 4 heteroatoms. The van der Waals surface area contributed by atoms with E-state index in [9.17, 15) is 5.26 Å². The van der Waals surface area contributed by atoms with Crippen molar-refractivity contribution in [1.82, 2.24) is 5.32 Å². The van der Waals surface area contributed by atoms with E-state index < -0.39 is 0 Å². The highest BCUT2D eigenvalue weighted by molar-refractivity contribution is 5.63. The Morgan fingerprint density at radius 2 is 1.76 bits per heavy atom. The van der Waals surface area contributed by atoms with Gasteiger partial charge in [-0.2, -0.15) is 15.8 Å². The summed E-state index contributed by atoms with van der Waals surface area (Å²) in [5, 5.41) is 30.0. The predicted molar refractivity (Wildman–Crippen MR) is 60.6 cm³/mol. The van der Waals surface area contributed by atoms with Crippen LogP contribution in [0.1, 0.15) is 26.2 Å². The minimum absolute atomic E-state index is 0.0284. The van der Waals surface area contributed by atoms with Gasteiger partial charge in [0.05, 0.1) is 11.3 Å². The van der Waals surface area contributed by atoms with Gasteiger partial charge in [0.15, 0.2) is 5.57 Å². The number of allylic oxidation sites excluding steroid dienone is 5. The van der Waals surface area contributed by atoms with E-state index >= 15 is 0 Å². The number of hydrogen-bond donors (Lipinski definition) is 1. The molecule has 0 saturated heterocycles. The molecule has 1 heterocycles. The summed E-state index contributed by atoms with van der Waals surface area (Å²) in [6.45, 7) is 1.92. The third-order valence-corrected chi connectivity index (χ3v) is 3.12. The molecular weight excluding hydrogens is 212 g/mol. The number of hydrogen-bond acceptors (Lipinski definition) is 4. The molecule has 0 spiro atoms. The number of nitriles is 3. The summed E-state index contributed by atoms with van der Waals surface area (Å²) in [5.74, 6) is 0. The van der Waals surface area contributed by atoms with E-state index in [1.54, 1.807) is 0 Å². The average molecular weight is 222 g/mol. The largest absolute Gasteiger partial charge is 0.356 e. The van der Waals surface area contributed by atoms with Gasteiger partial charge in [-0.25, -0.2) is 0 Å². The van der Waals surface area contributed by atoms with Crippen LogP contribution in [0.25, 0.3) is 0 Å². The fraction of sp³-hybridized carbons (Fsp3) is 0.308. The Morgan fingerprint density at radius 1 is 1.12 bits per heavy atom. The van der Waals surface area contributed by atoms with Crippen molar-refractivity contribution in [2.45, 2.75) is 26.2 Å². The summed E-state index contributed by atoms with van der Waals surface area (Å²) in [4.78, 5) is 0. The quantitative estimate of drug-likeness (QED) is 0.636. The Bertz CT molecular complexity index is 581. The molecule has 1 fully saturated rings. The van der Waals surface area contributed by atoms with Crippen molar-refractivity contribution < 1.29 is 0 Å². The maximum Gasteiger partial charge on any atom is 0.154 e. The normalized spacial score (nSPS) is 17.9. The van der Waals surface area contributed by atoms with E-state index in [-0.39, 0.29) is 5.57 Å². The van der Waals surface area contributed by atoms with Crippen molar-refractivity contribution in [3.05, 3.63) is 33.7 Å². The third kappa shape index (κ3) is 1.59. The van der Waals surface area contributed by atoms with Gasteiger partial charge in [0.2, 0.25) is 0 Å². The van der Waals surface area contributed by atoms with Crippen LogP contribution in [0.5, 0.6) is 0 Å². The Balaban J connectivity index is 2.70. The third-order valence-electron chi connectivity index (χ3n) is 3.12. The van der Waals surface area contributed by atoms with Gasteiger partial charge in [-0.1, -0.05) is 0 Å². The standard InChI is InChI=1S/C13H10N4/c1-8-10-3-2-4-11(10)12(7-16)13(17-8)9(5-14)6-15/h17H,2-4H2,1H3. The summed E-state index contributed by atoms with van der Waals surface area (Å²) in [6, 6.07) is 5.79. The minimum atomic E-state index is -0.0284. The van der Waals surface area contributed by atoms with E-state index in [4.69, 9.17) is 10.5 Å². The predicted octanol–water partition coefficient (Wildman–Crippen LogP) is 2.17. The molecule has 0 aromatic carbocycles. The monoisotopic (exact) mass is 222 g/mol. The maximum absolute atomic E-state index is 9.21. The van der Waals surface area contributed by atoms with E-state index in [2.05, 4.69) is 11.4 Å². The lowest BCUT2D eigenvalue weighted by molar-refractivity contribution is 0.907. The van der Waals surface area contributed by atoms with Crippen molar-refractivity contribution in [1.29, 1.82) is 15.8 Å². The fourth-order valence-electron chi connectivity index (χ4n) is 2.36. The molecule has 82 valence electrons. The molecule has 0 aromatic rings. The molecule has 0 amide bonds. The van der Waals surface area contributed by atoms with Crippen molar-refractivity contribution in [2.24, 2.45) is 0 Å². The zero-order valence-electron chi connectivity index (χ0n) is 9.46. The molecule has 0 radical (unpaired) electrons. The maximum atomic E-state index is 9.21. The fourth-order valence-corrected chi connectivity index (χ4v) is 2.36. The minimum Gasteiger partial charge on any atom is -0.356 e. The topological polar surface area (TPSA) is 83.4 Å². The highest BCUT2D eigenvalue weighted by Crippen LogP contribution is 2.39. The first kappa shape index (κ1) is 11.0. The number of dihydropyridines is 1. The van der Waals surface area contributed by atoms with Crippen LogP contribution >= 0.6 is 0 Å². The lowest BCUT2D eigenvalue weighted by atomic mass is 9.94. The first-order valence-corrected chi connectivity index (χ1v) is 5.38. The van der Waals surface area contributed by atoms with Crippen LogP contribution in [-0.2, 0) is 0 Å². The summed E-state index contributed by atoms with van der Waals surface area (Å²) >= 11 is 0. The Hall–Kier alpha value is -2.51. The second-order valence-corrected chi connectivity index (χ2v) is 4.02. The van der Waals surface area contributed by atoms with Crippen LogP contribution in [0.2, 0.25) is 0 Å². The molecule has 1 aliphatic carbocycles. The first-order chi connectivity index (χ1) is 8.22. The summed E-state index contributed by atoms with van der Waals surface area (Å²) in [7, 11) is 0. The van der Waals surface area contributed by atoms with Crippen LogP contribution in [0, 0.1) is 34.0 Å². The lowest BCUT2D eigenvalue weighted by Gasteiger charge is -2.21. The first-order valence-electron chi connectivity index (χ1n) is 5.38. The molecule has 0 aromatic heterocycles. The highest BCUT2D eigenvalue weighted by Gasteiger charge is 2.28. The molecule has 0 bridgehead atoms. The summed E-state index contributed by atoms with van der Waals surface area (Å²) in [5.41, 5.74) is 3.92. The smallest absolute Gasteiger partial charge is 0.154 e. The molecule has 2 rings (SSSR count). The molecule has 2 aliphatic rings. The molecule has 1 saturated carbocycles. The second-order valence-electron chi connectivity index (χ2n) is 4.02. The molecule has 0 unspecified atom stereocenters. The molecule has 0 atom stereocenters. The van der Waals surface area contributed by atoms with Gasteiger partial charge < -0.3 is 5.32 Å². The molecule has 17 heavy (non-hydrogen) atoms. The van der Waals surface area contributed by atoms with Crippen LogP contribution < -0.4 is 5.32 Å². The van der Waals surface area contributed by atoms with Gasteiger partial charge >= 0.3 is 0 Å². The second kappa shape index (κ2) is 4.16. The van der Waals surface area contributed by atoms with Gasteiger partial charge in [-0.3, -0.25) is 0 Å². The molecule has 1 aliphatic heterocycles.